The summed E-state index contributed by atoms with van der Waals surface area (Å²) in [6.45, 7) is 2.00. The van der Waals surface area contributed by atoms with Crippen molar-refractivity contribution in [3.05, 3.63) is 118 Å². The molecule has 37 heavy (non-hydrogen) atoms. The molecule has 6 nitrogen and oxygen atoms in total. The number of ether oxygens (including phenoxy) is 1. The maximum atomic E-state index is 13.4. The summed E-state index contributed by atoms with van der Waals surface area (Å²) < 4.78 is 5.87. The highest BCUT2D eigenvalue weighted by molar-refractivity contribution is 6.30. The summed E-state index contributed by atoms with van der Waals surface area (Å²) in [5, 5.41) is 0. The van der Waals surface area contributed by atoms with Gasteiger partial charge in [0.2, 0.25) is 0 Å². The summed E-state index contributed by atoms with van der Waals surface area (Å²) in [5.74, 6) is -0.789. The molecule has 1 aliphatic heterocycles. The van der Waals surface area contributed by atoms with Crippen molar-refractivity contribution in [1.82, 2.24) is 4.90 Å². The van der Waals surface area contributed by atoms with Crippen LogP contribution >= 0.6 is 0 Å². The zero-order chi connectivity index (χ0) is 25.8. The molecule has 0 spiro atoms. The van der Waals surface area contributed by atoms with Gasteiger partial charge in [-0.05, 0) is 66.1 Å². The molecule has 2 aliphatic rings. The maximum Gasteiger partial charge on any atom is 0.261 e. The third-order valence-corrected chi connectivity index (χ3v) is 6.97. The minimum atomic E-state index is -0.911. The lowest BCUT2D eigenvalue weighted by Gasteiger charge is -2.10. The molecule has 0 radical (unpaired) electrons. The van der Waals surface area contributed by atoms with Crippen molar-refractivity contribution in [2.75, 3.05) is 7.05 Å². The number of amides is 2. The summed E-state index contributed by atoms with van der Waals surface area (Å²) in [6.07, 6.45) is 0. The Hall–Kier alpha value is -4.84. The number of rotatable bonds is 4. The number of fused-ring (bicyclic) bond motifs is 2. The predicted octanol–water partition coefficient (Wildman–Crippen LogP) is 5.84. The standard InChI is InChI=1S/C31H21NO5/c1-17-3-9-21(10-4-17)37-22-11-5-18(6-12-22)27-28(33)23-13-7-19(15-25(23)29(27)34)20-8-14-24-26(16-20)31(36)32(2)30(24)35/h3-16,27H,1-2H3. The molecule has 6 rings (SSSR count). The molecule has 6 heteroatoms. The van der Waals surface area contributed by atoms with Crippen molar-refractivity contribution in [3.63, 3.8) is 0 Å². The van der Waals surface area contributed by atoms with Gasteiger partial charge in [0.25, 0.3) is 11.8 Å². The summed E-state index contributed by atoms with van der Waals surface area (Å²) in [4.78, 5) is 52.3. The van der Waals surface area contributed by atoms with E-state index in [-0.39, 0.29) is 23.4 Å². The lowest BCUT2D eigenvalue weighted by Crippen LogP contribution is -2.24. The number of hydrogen-bond donors (Lipinski definition) is 0. The van der Waals surface area contributed by atoms with Gasteiger partial charge >= 0.3 is 0 Å². The molecule has 0 saturated carbocycles. The Kier molecular flexibility index (Phi) is 5.12. The molecule has 1 heterocycles. The second kappa shape index (κ2) is 8.38. The first-order chi connectivity index (χ1) is 17.8. The first-order valence-electron chi connectivity index (χ1n) is 11.9. The second-order valence-electron chi connectivity index (χ2n) is 9.34. The predicted molar refractivity (Wildman–Crippen MR) is 137 cm³/mol. The summed E-state index contributed by atoms with van der Waals surface area (Å²) in [6, 6.07) is 24.8. The highest BCUT2D eigenvalue weighted by Crippen LogP contribution is 2.38. The third kappa shape index (κ3) is 3.65. The lowest BCUT2D eigenvalue weighted by atomic mass is 9.94. The minimum absolute atomic E-state index is 0.241. The van der Waals surface area contributed by atoms with Crippen molar-refractivity contribution < 1.29 is 23.9 Å². The number of nitrogens with zero attached hydrogens (tertiary/aromatic N) is 1. The minimum Gasteiger partial charge on any atom is -0.457 e. The van der Waals surface area contributed by atoms with Crippen LogP contribution < -0.4 is 4.74 Å². The van der Waals surface area contributed by atoms with Crippen molar-refractivity contribution in [2.24, 2.45) is 0 Å². The number of carbonyl (C=O) groups is 4. The van der Waals surface area contributed by atoms with E-state index in [1.807, 2.05) is 31.2 Å². The van der Waals surface area contributed by atoms with Gasteiger partial charge in [-0.3, -0.25) is 24.1 Å². The fourth-order valence-electron chi connectivity index (χ4n) is 4.89. The molecular formula is C31H21NO5. The zero-order valence-corrected chi connectivity index (χ0v) is 20.1. The molecule has 4 aromatic rings. The van der Waals surface area contributed by atoms with Crippen LogP contribution in [0.15, 0.2) is 84.9 Å². The molecule has 1 atom stereocenters. The summed E-state index contributed by atoms with van der Waals surface area (Å²) >= 11 is 0. The average molecular weight is 488 g/mol. The fraction of sp³-hybridized carbons (Fsp3) is 0.0968. The number of Topliss-reactive ketones (excluding diaryl/α,β-unsaturated/α-hetero) is 2. The van der Waals surface area contributed by atoms with Crippen LogP contribution in [0, 0.1) is 6.92 Å². The molecule has 180 valence electrons. The van der Waals surface area contributed by atoms with E-state index >= 15 is 0 Å². The van der Waals surface area contributed by atoms with Gasteiger partial charge in [0.1, 0.15) is 17.4 Å². The maximum absolute atomic E-state index is 13.4. The molecule has 0 saturated heterocycles. The van der Waals surface area contributed by atoms with Crippen LogP contribution in [0.4, 0.5) is 0 Å². The van der Waals surface area contributed by atoms with Gasteiger partial charge in [0, 0.05) is 18.2 Å². The van der Waals surface area contributed by atoms with Crippen molar-refractivity contribution in [1.29, 1.82) is 0 Å². The SMILES string of the molecule is Cc1ccc(Oc2ccc(C3C(=O)c4ccc(-c5ccc6c(c5)C(=O)N(C)C6=O)cc4C3=O)cc2)cc1. The topological polar surface area (TPSA) is 80.8 Å². The van der Waals surface area contributed by atoms with E-state index in [1.54, 1.807) is 60.7 Å². The van der Waals surface area contributed by atoms with Crippen LogP contribution in [0.1, 0.15) is 58.5 Å². The number of imide groups is 1. The van der Waals surface area contributed by atoms with Crippen LogP contribution in [0.5, 0.6) is 11.5 Å². The molecule has 2 amide bonds. The molecule has 0 bridgehead atoms. The van der Waals surface area contributed by atoms with Crippen LogP contribution in [-0.2, 0) is 0 Å². The van der Waals surface area contributed by atoms with Crippen molar-refractivity contribution in [3.8, 4) is 22.6 Å². The van der Waals surface area contributed by atoms with Gasteiger partial charge in [-0.25, -0.2) is 0 Å². The third-order valence-electron chi connectivity index (χ3n) is 6.97. The van der Waals surface area contributed by atoms with Gasteiger partial charge in [0.15, 0.2) is 11.6 Å². The number of hydrogen-bond acceptors (Lipinski definition) is 5. The molecule has 1 unspecified atom stereocenters. The molecule has 0 fully saturated rings. The second-order valence-corrected chi connectivity index (χ2v) is 9.34. The van der Waals surface area contributed by atoms with Gasteiger partial charge < -0.3 is 4.74 Å². The summed E-state index contributed by atoms with van der Waals surface area (Å²) in [5.41, 5.74) is 4.56. The normalized spacial score (nSPS) is 16.3. The molecule has 4 aromatic carbocycles. The quantitative estimate of drug-likeness (QED) is 0.267. The lowest BCUT2D eigenvalue weighted by molar-refractivity contribution is 0.0692. The van der Waals surface area contributed by atoms with Crippen LogP contribution in [0.3, 0.4) is 0 Å². The van der Waals surface area contributed by atoms with E-state index in [4.69, 9.17) is 4.74 Å². The highest BCUT2D eigenvalue weighted by Gasteiger charge is 2.40. The van der Waals surface area contributed by atoms with E-state index in [9.17, 15) is 19.2 Å². The molecular weight excluding hydrogens is 466 g/mol. The Balaban J connectivity index is 1.27. The average Bonchev–Trinajstić information content (AvgIpc) is 3.29. The Morgan fingerprint density at radius 2 is 1.11 bits per heavy atom. The molecule has 1 aliphatic carbocycles. The first kappa shape index (κ1) is 22.6. The molecule has 0 N–H and O–H groups in total. The van der Waals surface area contributed by atoms with E-state index in [0.717, 1.165) is 10.5 Å². The fourth-order valence-corrected chi connectivity index (χ4v) is 4.89. The Bertz CT molecular complexity index is 1630. The summed E-state index contributed by atoms with van der Waals surface area (Å²) in [7, 11) is 1.45. The Morgan fingerprint density at radius 1 is 0.595 bits per heavy atom. The van der Waals surface area contributed by atoms with Crippen molar-refractivity contribution >= 4 is 23.4 Å². The number of ketones is 2. The number of carbonyl (C=O) groups excluding carboxylic acids is 4. The monoisotopic (exact) mass is 487 g/mol. The number of benzene rings is 4. The van der Waals surface area contributed by atoms with Crippen LogP contribution in [-0.4, -0.2) is 35.3 Å². The van der Waals surface area contributed by atoms with E-state index < -0.39 is 5.92 Å². The smallest absolute Gasteiger partial charge is 0.261 e. The van der Waals surface area contributed by atoms with Crippen molar-refractivity contribution in [2.45, 2.75) is 12.8 Å². The van der Waals surface area contributed by atoms with E-state index in [0.29, 0.717) is 50.4 Å². The van der Waals surface area contributed by atoms with Gasteiger partial charge in [-0.15, -0.1) is 0 Å². The van der Waals surface area contributed by atoms with E-state index in [2.05, 4.69) is 0 Å². The largest absolute Gasteiger partial charge is 0.457 e. The van der Waals surface area contributed by atoms with Gasteiger partial charge in [0.05, 0.1) is 11.1 Å². The first-order valence-corrected chi connectivity index (χ1v) is 11.9. The highest BCUT2D eigenvalue weighted by atomic mass is 16.5. The van der Waals surface area contributed by atoms with Crippen LogP contribution in [0.2, 0.25) is 0 Å². The van der Waals surface area contributed by atoms with Gasteiger partial charge in [-0.1, -0.05) is 48.0 Å². The van der Waals surface area contributed by atoms with E-state index in [1.165, 1.54) is 7.05 Å². The molecule has 0 aromatic heterocycles. The van der Waals surface area contributed by atoms with Crippen LogP contribution in [0.25, 0.3) is 11.1 Å². The van der Waals surface area contributed by atoms with Gasteiger partial charge in [-0.2, -0.15) is 0 Å². The Labute approximate surface area is 213 Å². The zero-order valence-electron chi connectivity index (χ0n) is 20.1. The Morgan fingerprint density at radius 3 is 1.76 bits per heavy atom. The number of aryl methyl sites for hydroxylation is 1.